The maximum absolute atomic E-state index is 6.25. The van der Waals surface area contributed by atoms with Crippen LogP contribution in [0.4, 0.5) is 0 Å². The summed E-state index contributed by atoms with van der Waals surface area (Å²) in [4.78, 5) is 0. The number of hydrogen-bond acceptors (Lipinski definition) is 1. The number of rotatable bonds is 10. The van der Waals surface area contributed by atoms with Gasteiger partial charge in [-0.25, -0.2) is 0 Å². The topological polar surface area (TPSA) is 23.8 Å². The van der Waals surface area contributed by atoms with E-state index in [9.17, 15) is 0 Å². The van der Waals surface area contributed by atoms with Gasteiger partial charge in [0, 0.05) is 0 Å². The second-order valence-electron chi connectivity index (χ2n) is 4.91. The largest absolute Gasteiger partial charge is 2.00 e. The van der Waals surface area contributed by atoms with Crippen LogP contribution in [0.3, 0.4) is 0 Å². The van der Waals surface area contributed by atoms with Gasteiger partial charge in [-0.1, -0.05) is 13.3 Å². The van der Waals surface area contributed by atoms with Crippen molar-refractivity contribution in [2.45, 2.75) is 92.4 Å². The summed E-state index contributed by atoms with van der Waals surface area (Å²) >= 11 is -0.839. The predicted molar refractivity (Wildman–Crippen MR) is 90.1 cm³/mol. The molecule has 1 nitrogen and oxygen atoms in total. The second-order valence-corrected chi connectivity index (χ2v) is 13.5. The smallest absolute Gasteiger partial charge is 0.512 e. The molecule has 0 saturated carbocycles. The van der Waals surface area contributed by atoms with Crippen LogP contribution in [0.1, 0.15) is 79.1 Å². The molecule has 5 heteroatoms. The van der Waals surface area contributed by atoms with Gasteiger partial charge in [0.25, 0.3) is 0 Å². The van der Waals surface area contributed by atoms with Gasteiger partial charge >= 0.3 is 147 Å². The maximum Gasteiger partial charge on any atom is 2.00 e. The minimum atomic E-state index is -0.839. The third kappa shape index (κ3) is 43.1. The molecule has 0 aliphatic carbocycles. The summed E-state index contributed by atoms with van der Waals surface area (Å²) in [7, 11) is 0. The van der Waals surface area contributed by atoms with E-state index in [0.717, 1.165) is 6.42 Å². The second kappa shape index (κ2) is 43.5. The third-order valence-electron chi connectivity index (χ3n) is 3.01. The average molecular weight is 451 g/mol. The molecule has 0 atom stereocenters. The van der Waals surface area contributed by atoms with Gasteiger partial charge < -0.3 is 18.8 Å². The molecule has 0 rings (SSSR count). The van der Waals surface area contributed by atoms with E-state index in [2.05, 4.69) is 34.6 Å². The normalized spacial score (nSPS) is 8.00. The molecule has 0 spiro atoms. The molecule has 0 unspecified atom stereocenters. The van der Waals surface area contributed by atoms with Crippen LogP contribution in [0.2, 0.25) is 13.3 Å². The zero-order valence-electron chi connectivity index (χ0n) is 16.2. The van der Waals surface area contributed by atoms with E-state index in [1.54, 1.807) is 13.3 Å². The molecule has 0 amide bonds. The maximum atomic E-state index is 6.25. The fraction of sp³-hybridized carbons (Fsp3) is 0.882. The molecule has 0 aromatic rings. The van der Waals surface area contributed by atoms with E-state index in [0.29, 0.717) is 0 Å². The van der Waals surface area contributed by atoms with Crippen LogP contribution in [0.5, 0.6) is 0 Å². The Morgan fingerprint density at radius 3 is 1.09 bits per heavy atom. The van der Waals surface area contributed by atoms with Crippen molar-refractivity contribution in [3.63, 3.8) is 0 Å². The Morgan fingerprint density at radius 2 is 0.955 bits per heavy atom. The van der Waals surface area contributed by atoms with Crippen molar-refractivity contribution in [1.29, 1.82) is 5.26 Å². The van der Waals surface area contributed by atoms with Crippen LogP contribution in [0.15, 0.2) is 0 Å². The van der Waals surface area contributed by atoms with Crippen LogP contribution >= 0.6 is 0 Å². The molecular weight excluding hydrogens is 414 g/mol. The van der Waals surface area contributed by atoms with Gasteiger partial charge in [-0.15, -0.1) is 0 Å². The van der Waals surface area contributed by atoms with Gasteiger partial charge in [0.15, 0.2) is 0 Å². The Kier molecular flexibility index (Phi) is 77.5. The standard InChI is InChI=1S/4C4H9.CN.Cu.2Li.Sn/c4*1-3-4-2;1-2;;;;/h4*1,3-4H2,2H3;;;;;/q;;;2*-1;+2;2*+1;. The Labute approximate surface area is 184 Å². The van der Waals surface area contributed by atoms with Crippen molar-refractivity contribution in [3.8, 4) is 0 Å². The Bertz CT molecular complexity index is 140. The van der Waals surface area contributed by atoms with Crippen molar-refractivity contribution in [2.75, 3.05) is 0 Å². The van der Waals surface area contributed by atoms with Crippen LogP contribution in [-0.4, -0.2) is 19.8 Å². The Balaban J connectivity index is -0.0000000620. The van der Waals surface area contributed by atoms with Crippen molar-refractivity contribution in [1.82, 2.24) is 0 Å². The van der Waals surface area contributed by atoms with E-state index in [1.165, 1.54) is 44.9 Å². The summed E-state index contributed by atoms with van der Waals surface area (Å²) in [5, 5.41) is 6.25. The van der Waals surface area contributed by atoms with Gasteiger partial charge in [-0.2, -0.15) is 6.42 Å². The molecular formula is C17H36CuLi2NSn+2. The third-order valence-corrected chi connectivity index (χ3v) is 12.1. The molecule has 0 N–H and O–H groups in total. The minimum Gasteiger partial charge on any atom is -0.512 e. The summed E-state index contributed by atoms with van der Waals surface area (Å²) in [5.41, 5.74) is 0. The molecule has 0 aliphatic rings. The first-order valence-corrected chi connectivity index (χ1v) is 14.2. The first-order valence-electron chi connectivity index (χ1n) is 8.11. The quantitative estimate of drug-likeness (QED) is 0.353. The van der Waals surface area contributed by atoms with Crippen molar-refractivity contribution >= 4 is 19.8 Å². The fourth-order valence-corrected chi connectivity index (χ4v) is 11.1. The molecule has 124 valence electrons. The number of unbranched alkanes of at least 4 members (excludes halogenated alkanes) is 4. The molecule has 0 aromatic carbocycles. The van der Waals surface area contributed by atoms with Crippen molar-refractivity contribution in [3.05, 3.63) is 13.5 Å². The van der Waals surface area contributed by atoms with Gasteiger partial charge in [-0.3, -0.25) is 0 Å². The number of nitrogens with zero attached hydrogens (tertiary/aromatic N) is 1. The van der Waals surface area contributed by atoms with Crippen molar-refractivity contribution in [2.24, 2.45) is 0 Å². The molecule has 0 bridgehead atoms. The molecule has 0 heterocycles. The summed E-state index contributed by atoms with van der Waals surface area (Å²) in [6.07, 6.45) is 11.1. The fourth-order valence-electron chi connectivity index (χ4n) is 1.66. The molecule has 22 heavy (non-hydrogen) atoms. The van der Waals surface area contributed by atoms with Crippen LogP contribution < -0.4 is 37.7 Å². The van der Waals surface area contributed by atoms with E-state index in [-0.39, 0.29) is 54.8 Å². The zero-order valence-corrected chi connectivity index (χ0v) is 20.0. The molecule has 0 aromatic heterocycles. The van der Waals surface area contributed by atoms with Gasteiger partial charge in [0.05, 0.1) is 0 Å². The van der Waals surface area contributed by atoms with E-state index in [1.807, 2.05) is 0 Å². The predicted octanol–water partition coefficient (Wildman–Crippen LogP) is 0.604. The summed E-state index contributed by atoms with van der Waals surface area (Å²) in [5.74, 6) is 0. The van der Waals surface area contributed by atoms with E-state index < -0.39 is 19.8 Å². The van der Waals surface area contributed by atoms with Crippen LogP contribution in [0.25, 0.3) is 0 Å². The van der Waals surface area contributed by atoms with E-state index in [4.69, 9.17) is 11.8 Å². The monoisotopic (exact) mass is 451 g/mol. The molecule has 0 fully saturated rings. The number of hydrogen-bond donors (Lipinski definition) is 0. The van der Waals surface area contributed by atoms with Crippen LogP contribution in [0, 0.1) is 18.8 Å². The summed E-state index contributed by atoms with van der Waals surface area (Å²) in [6, 6.07) is 0. The van der Waals surface area contributed by atoms with Crippen molar-refractivity contribution < 1.29 is 54.8 Å². The Morgan fingerprint density at radius 1 is 0.727 bits per heavy atom. The Hall–Kier alpha value is 2.00. The minimum absolute atomic E-state index is 0. The first kappa shape index (κ1) is 39.2. The van der Waals surface area contributed by atoms with Crippen LogP contribution in [-0.2, 0) is 17.1 Å². The van der Waals surface area contributed by atoms with E-state index >= 15 is 0 Å². The molecule has 2 radical (unpaired) electrons. The SMILES string of the molecule is CCC[CH2][Sn]([CH2]CCC)[CH2]CCC.[C-]#N.[CH2-]CCC.[Cu+2].[Li+].[Li+]. The molecule has 0 saturated heterocycles. The first-order chi connectivity index (χ1) is 9.26. The van der Waals surface area contributed by atoms with Gasteiger partial charge in [0.2, 0.25) is 0 Å². The van der Waals surface area contributed by atoms with Gasteiger partial charge in [-0.05, 0) is 0 Å². The average Bonchev–Trinajstić information content (AvgIpc) is 2.48. The molecule has 0 aliphatic heterocycles. The van der Waals surface area contributed by atoms with Gasteiger partial charge in [0.1, 0.15) is 0 Å². The summed E-state index contributed by atoms with van der Waals surface area (Å²) in [6.45, 7) is 17.5. The summed E-state index contributed by atoms with van der Waals surface area (Å²) < 4.78 is 5.04. The zero-order chi connectivity index (χ0) is 15.4.